The molecule has 3 unspecified atom stereocenters. The van der Waals surface area contributed by atoms with Crippen LogP contribution in [-0.2, 0) is 15.6 Å². The van der Waals surface area contributed by atoms with Crippen molar-refractivity contribution in [1.29, 1.82) is 0 Å². The molecule has 16 heteroatoms. The van der Waals surface area contributed by atoms with E-state index in [9.17, 15) is 10.2 Å². The first-order valence-electron chi connectivity index (χ1n) is 19.0. The Hall–Kier alpha value is -1.18. The summed E-state index contributed by atoms with van der Waals surface area (Å²) in [5.74, 6) is 3.15. The first-order chi connectivity index (χ1) is 28.8. The molecule has 5 aromatic rings. The topological polar surface area (TPSA) is 99.1 Å². The third-order valence-electron chi connectivity index (χ3n) is 10.1. The molecule has 0 spiro atoms. The maximum absolute atomic E-state index is 11.0. The molecule has 61 heavy (non-hydrogen) atoms. The van der Waals surface area contributed by atoms with E-state index in [1.807, 2.05) is 66.7 Å². The van der Waals surface area contributed by atoms with Crippen LogP contribution < -0.4 is 23.7 Å². The highest BCUT2D eigenvalue weighted by Crippen LogP contribution is 2.46. The summed E-state index contributed by atoms with van der Waals surface area (Å²) >= 11 is 29.6. The van der Waals surface area contributed by atoms with Crippen LogP contribution in [0.2, 0.25) is 0 Å². The minimum atomic E-state index is -0.931. The lowest BCUT2D eigenvalue weighted by Gasteiger charge is -2.29. The fraction of sp³-hybridized carbons (Fsp3) is 0.333. The van der Waals surface area contributed by atoms with Crippen molar-refractivity contribution in [2.45, 2.75) is 56.8 Å². The van der Waals surface area contributed by atoms with Crippen molar-refractivity contribution in [1.82, 2.24) is 0 Å². The first kappa shape index (κ1) is 49.3. The van der Waals surface area contributed by atoms with Gasteiger partial charge in [0, 0.05) is 10.8 Å². The van der Waals surface area contributed by atoms with E-state index in [2.05, 4.69) is 167 Å². The Kier molecular flexibility index (Phi) is 17.3. The van der Waals surface area contributed by atoms with Gasteiger partial charge in [-0.15, -0.1) is 0 Å². The van der Waals surface area contributed by atoms with E-state index in [1.54, 1.807) is 0 Å². The van der Waals surface area contributed by atoms with Crippen LogP contribution in [0.25, 0.3) is 0 Å². The minimum Gasteiger partial charge on any atom is -0.491 e. The van der Waals surface area contributed by atoms with Crippen molar-refractivity contribution in [3.63, 3.8) is 0 Å². The quantitative estimate of drug-likeness (QED) is 0.0789. The highest BCUT2D eigenvalue weighted by Gasteiger charge is 2.30. The standard InChI is InChI=1S/C45H42Br8O8/c1-44(2,24-10-32(46)40(33(47)11-24)58-19-28(54)18-56-30-8-6-5-7-9-30)25-12-34(48)41(35(49)13-25)59-20-29(55)21-60-42-36(50)14-26(15-37(42)51)45(3,4)27-16-38(52)43(39(53)17-27)61-23-31-22-57-31/h5-17,28-29,31,54-55H,18-23H2,1-4H3. The minimum absolute atomic E-state index is 0.00254. The molecule has 1 aliphatic heterocycles. The van der Waals surface area contributed by atoms with Gasteiger partial charge in [-0.3, -0.25) is 0 Å². The zero-order valence-corrected chi connectivity index (χ0v) is 46.0. The van der Waals surface area contributed by atoms with Crippen LogP contribution in [0.4, 0.5) is 0 Å². The summed E-state index contributed by atoms with van der Waals surface area (Å²) in [6, 6.07) is 25.6. The molecular formula is C45H42Br8O8. The number of para-hydroxylation sites is 1. The van der Waals surface area contributed by atoms with Crippen LogP contribution in [-0.4, -0.2) is 68.2 Å². The van der Waals surface area contributed by atoms with Crippen molar-refractivity contribution < 1.29 is 38.6 Å². The molecule has 0 amide bonds. The van der Waals surface area contributed by atoms with Gasteiger partial charge < -0.3 is 38.6 Å². The normalized spacial score (nSPS) is 15.0. The van der Waals surface area contributed by atoms with Gasteiger partial charge in [0.05, 0.1) is 42.4 Å². The van der Waals surface area contributed by atoms with Crippen LogP contribution >= 0.6 is 127 Å². The summed E-state index contributed by atoms with van der Waals surface area (Å²) in [6.45, 7) is 9.96. The molecular weight excluding hydrogens is 1310 g/mol. The Morgan fingerprint density at radius 1 is 0.492 bits per heavy atom. The number of hydrogen-bond donors (Lipinski definition) is 2. The molecule has 6 rings (SSSR count). The van der Waals surface area contributed by atoms with Crippen molar-refractivity contribution >= 4 is 127 Å². The zero-order chi connectivity index (χ0) is 44.2. The van der Waals surface area contributed by atoms with Gasteiger partial charge in [-0.2, -0.15) is 0 Å². The van der Waals surface area contributed by atoms with E-state index in [0.29, 0.717) is 29.6 Å². The predicted molar refractivity (Wildman–Crippen MR) is 267 cm³/mol. The van der Waals surface area contributed by atoms with Crippen LogP contribution in [0.3, 0.4) is 0 Å². The summed E-state index contributed by atoms with van der Waals surface area (Å²) in [5.41, 5.74) is 3.32. The largest absolute Gasteiger partial charge is 0.491 e. The molecule has 0 bridgehead atoms. The summed E-state index contributed by atoms with van der Waals surface area (Å²) in [4.78, 5) is 0. The molecule has 1 fully saturated rings. The molecule has 0 radical (unpaired) electrons. The first-order valence-corrected chi connectivity index (χ1v) is 25.3. The van der Waals surface area contributed by atoms with Crippen molar-refractivity contribution in [2.75, 3.05) is 39.6 Å². The number of benzene rings is 5. The summed E-state index contributed by atoms with van der Waals surface area (Å²) in [5, 5.41) is 21.5. The van der Waals surface area contributed by atoms with Crippen LogP contribution in [0, 0.1) is 0 Å². The molecule has 0 aliphatic carbocycles. The average Bonchev–Trinajstić information content (AvgIpc) is 4.03. The molecule has 2 N–H and O–H groups in total. The number of hydrogen-bond acceptors (Lipinski definition) is 8. The van der Waals surface area contributed by atoms with E-state index in [4.69, 9.17) is 28.4 Å². The van der Waals surface area contributed by atoms with Crippen molar-refractivity contribution in [3.05, 3.63) is 137 Å². The third-order valence-corrected chi connectivity index (χ3v) is 14.9. The summed E-state index contributed by atoms with van der Waals surface area (Å²) in [7, 11) is 0. The maximum atomic E-state index is 11.0. The predicted octanol–water partition coefficient (Wildman–Crippen LogP) is 13.9. The number of halogens is 8. The smallest absolute Gasteiger partial charge is 0.147 e. The second-order valence-corrected chi connectivity index (χ2v) is 22.3. The molecule has 0 saturated carbocycles. The van der Waals surface area contributed by atoms with E-state index in [1.165, 1.54) is 0 Å². The lowest BCUT2D eigenvalue weighted by Crippen LogP contribution is -2.26. The van der Waals surface area contributed by atoms with Crippen LogP contribution in [0.5, 0.6) is 28.7 Å². The second kappa shape index (κ2) is 21.4. The molecule has 1 heterocycles. The molecule has 1 saturated heterocycles. The van der Waals surface area contributed by atoms with Gasteiger partial charge in [-0.25, -0.2) is 0 Å². The fourth-order valence-corrected chi connectivity index (χ4v) is 11.9. The SMILES string of the molecule is CC(C)(c1cc(Br)c(OCC(O)COc2ccccc2)c(Br)c1)c1cc(Br)c(OCC(O)COc2c(Br)cc(C(C)(C)c3cc(Br)c(OCC4CO4)c(Br)c3)cc2Br)c(Br)c1. The van der Waals surface area contributed by atoms with Crippen LogP contribution in [0.15, 0.2) is 115 Å². The van der Waals surface area contributed by atoms with Gasteiger partial charge in [0.25, 0.3) is 0 Å². The van der Waals surface area contributed by atoms with Crippen molar-refractivity contribution in [2.24, 2.45) is 0 Å². The lowest BCUT2D eigenvalue weighted by molar-refractivity contribution is 0.0615. The molecule has 3 atom stereocenters. The maximum Gasteiger partial charge on any atom is 0.147 e. The zero-order valence-electron chi connectivity index (χ0n) is 33.3. The van der Waals surface area contributed by atoms with E-state index >= 15 is 0 Å². The van der Waals surface area contributed by atoms with Gasteiger partial charge >= 0.3 is 0 Å². The van der Waals surface area contributed by atoms with Gasteiger partial charge in [-0.05, 0) is 210 Å². The Balaban J connectivity index is 1.05. The molecule has 1 aliphatic rings. The number of aliphatic hydroxyl groups excluding tert-OH is 2. The average molecular weight is 1350 g/mol. The lowest BCUT2D eigenvalue weighted by atomic mass is 9.78. The second-order valence-electron chi connectivity index (χ2n) is 15.5. The third kappa shape index (κ3) is 12.6. The van der Waals surface area contributed by atoms with E-state index < -0.39 is 17.6 Å². The van der Waals surface area contributed by atoms with Gasteiger partial charge in [0.1, 0.15) is 80.1 Å². The van der Waals surface area contributed by atoms with Crippen LogP contribution in [0.1, 0.15) is 49.9 Å². The molecule has 326 valence electrons. The Morgan fingerprint density at radius 3 is 1.07 bits per heavy atom. The Labute approximate surface area is 423 Å². The number of aliphatic hydroxyl groups is 2. The monoisotopic (exact) mass is 1340 g/mol. The molecule has 0 aromatic heterocycles. The van der Waals surface area contributed by atoms with Crippen molar-refractivity contribution in [3.8, 4) is 28.7 Å². The highest BCUT2D eigenvalue weighted by molar-refractivity contribution is 9.12. The van der Waals surface area contributed by atoms with E-state index in [0.717, 1.165) is 70.4 Å². The number of epoxide rings is 1. The highest BCUT2D eigenvalue weighted by atomic mass is 79.9. The molecule has 5 aromatic carbocycles. The van der Waals surface area contributed by atoms with Gasteiger partial charge in [0.2, 0.25) is 0 Å². The van der Waals surface area contributed by atoms with Gasteiger partial charge in [0.15, 0.2) is 0 Å². The van der Waals surface area contributed by atoms with E-state index in [-0.39, 0.29) is 37.9 Å². The van der Waals surface area contributed by atoms with Gasteiger partial charge in [-0.1, -0.05) is 45.9 Å². The number of rotatable bonds is 19. The fourth-order valence-electron chi connectivity index (χ4n) is 6.25. The Bertz CT molecular complexity index is 2250. The Morgan fingerprint density at radius 2 is 0.770 bits per heavy atom. The number of ether oxygens (including phenoxy) is 6. The summed E-state index contributed by atoms with van der Waals surface area (Å²) in [6.07, 6.45) is -1.60. The summed E-state index contributed by atoms with van der Waals surface area (Å²) < 4.78 is 41.3. The molecule has 8 nitrogen and oxygen atoms in total.